The number of pyridine rings is 1. The molecule has 0 aliphatic rings. The van der Waals surface area contributed by atoms with Crippen LogP contribution in [0.2, 0.25) is 0 Å². The fraction of sp³-hybridized carbons (Fsp3) is 0.167. The van der Waals surface area contributed by atoms with Crippen molar-refractivity contribution in [3.8, 4) is 11.4 Å². The number of hydrogen-bond donors (Lipinski definition) is 1. The Balaban J connectivity index is 2.65. The van der Waals surface area contributed by atoms with Gasteiger partial charge in [-0.25, -0.2) is 14.8 Å². The third-order valence-electron chi connectivity index (χ3n) is 2.57. The quantitative estimate of drug-likeness (QED) is 0.916. The predicted octanol–water partition coefficient (Wildman–Crippen LogP) is 2.56. The minimum atomic E-state index is -4.87. The van der Waals surface area contributed by atoms with Crippen LogP contribution in [-0.4, -0.2) is 26.0 Å². The molecule has 2 aromatic heterocycles. The molecule has 0 saturated heterocycles. The summed E-state index contributed by atoms with van der Waals surface area (Å²) in [5.41, 5.74) is -1.51. The molecule has 8 heteroatoms. The van der Waals surface area contributed by atoms with Gasteiger partial charge in [-0.05, 0) is 18.6 Å². The summed E-state index contributed by atoms with van der Waals surface area (Å²) in [4.78, 5) is 21.6. The van der Waals surface area contributed by atoms with Crippen molar-refractivity contribution in [1.29, 1.82) is 0 Å². The van der Waals surface area contributed by atoms with Crippen molar-refractivity contribution in [2.24, 2.45) is 0 Å². The molecule has 2 rings (SSSR count). The molecule has 5 nitrogen and oxygen atoms in total. The van der Waals surface area contributed by atoms with Gasteiger partial charge in [0.1, 0.15) is 5.56 Å². The van der Waals surface area contributed by atoms with Crippen molar-refractivity contribution in [1.82, 2.24) is 15.0 Å². The van der Waals surface area contributed by atoms with Crippen LogP contribution in [0, 0.1) is 6.92 Å². The summed E-state index contributed by atoms with van der Waals surface area (Å²) in [6.07, 6.45) is -1.41. The summed E-state index contributed by atoms with van der Waals surface area (Å²) >= 11 is 0. The zero-order valence-corrected chi connectivity index (χ0v) is 10.1. The maximum atomic E-state index is 12.8. The average molecular weight is 283 g/mol. The summed E-state index contributed by atoms with van der Waals surface area (Å²) in [6.45, 7) is 1.67. The Morgan fingerprint density at radius 3 is 2.55 bits per heavy atom. The number of hydrogen-bond acceptors (Lipinski definition) is 4. The molecule has 0 spiro atoms. The standard InChI is InChI=1S/C12H8F3N3O2/c1-6-2-3-16-4-7(6)10-17-5-8(11(19)20)9(18-10)12(13,14)15/h2-5H,1H3,(H,19,20). The number of halogens is 3. The molecule has 0 unspecified atom stereocenters. The SMILES string of the molecule is Cc1ccncc1-c1ncc(C(=O)O)c(C(F)(F)F)n1. The van der Waals surface area contributed by atoms with Crippen molar-refractivity contribution in [2.75, 3.05) is 0 Å². The van der Waals surface area contributed by atoms with Gasteiger partial charge in [0.2, 0.25) is 0 Å². The Morgan fingerprint density at radius 1 is 1.30 bits per heavy atom. The lowest BCUT2D eigenvalue weighted by atomic mass is 10.1. The van der Waals surface area contributed by atoms with E-state index in [1.807, 2.05) is 0 Å². The van der Waals surface area contributed by atoms with Crippen LogP contribution in [-0.2, 0) is 6.18 Å². The Morgan fingerprint density at radius 2 is 2.00 bits per heavy atom. The van der Waals surface area contributed by atoms with E-state index in [0.717, 1.165) is 0 Å². The first-order valence-corrected chi connectivity index (χ1v) is 5.39. The molecule has 0 fully saturated rings. The molecule has 1 N–H and O–H groups in total. The Kier molecular flexibility index (Phi) is 3.39. The highest BCUT2D eigenvalue weighted by molar-refractivity contribution is 5.89. The largest absolute Gasteiger partial charge is 0.478 e. The highest BCUT2D eigenvalue weighted by Crippen LogP contribution is 2.31. The fourth-order valence-corrected chi connectivity index (χ4v) is 1.58. The van der Waals surface area contributed by atoms with Crippen molar-refractivity contribution in [2.45, 2.75) is 13.1 Å². The first-order valence-electron chi connectivity index (χ1n) is 5.39. The van der Waals surface area contributed by atoms with Gasteiger partial charge >= 0.3 is 12.1 Å². The normalized spacial score (nSPS) is 11.4. The van der Waals surface area contributed by atoms with E-state index in [2.05, 4.69) is 15.0 Å². The van der Waals surface area contributed by atoms with Crippen LogP contribution in [0.3, 0.4) is 0 Å². The van der Waals surface area contributed by atoms with E-state index in [-0.39, 0.29) is 5.82 Å². The highest BCUT2D eigenvalue weighted by atomic mass is 19.4. The molecule has 2 heterocycles. The van der Waals surface area contributed by atoms with E-state index in [9.17, 15) is 18.0 Å². The number of aromatic nitrogens is 3. The minimum Gasteiger partial charge on any atom is -0.478 e. The monoisotopic (exact) mass is 283 g/mol. The molecule has 0 amide bonds. The van der Waals surface area contributed by atoms with E-state index in [4.69, 9.17) is 5.11 Å². The molecule has 2 aromatic rings. The third-order valence-corrected chi connectivity index (χ3v) is 2.57. The first-order chi connectivity index (χ1) is 9.30. The van der Waals surface area contributed by atoms with Crippen molar-refractivity contribution in [3.63, 3.8) is 0 Å². The number of carboxylic acid groups (broad SMARTS) is 1. The van der Waals surface area contributed by atoms with Crippen molar-refractivity contribution < 1.29 is 23.1 Å². The number of aryl methyl sites for hydroxylation is 1. The van der Waals surface area contributed by atoms with Crippen LogP contribution in [0.4, 0.5) is 13.2 Å². The summed E-state index contributed by atoms with van der Waals surface area (Å²) in [6, 6.07) is 1.59. The summed E-state index contributed by atoms with van der Waals surface area (Å²) in [5, 5.41) is 8.75. The number of alkyl halides is 3. The molecule has 20 heavy (non-hydrogen) atoms. The molecule has 0 saturated carbocycles. The summed E-state index contributed by atoms with van der Waals surface area (Å²) < 4.78 is 38.5. The summed E-state index contributed by atoms with van der Waals surface area (Å²) in [7, 11) is 0. The number of carboxylic acids is 1. The lowest BCUT2D eigenvalue weighted by molar-refractivity contribution is -0.141. The van der Waals surface area contributed by atoms with Gasteiger partial charge < -0.3 is 5.11 Å². The van der Waals surface area contributed by atoms with Crippen molar-refractivity contribution >= 4 is 5.97 Å². The van der Waals surface area contributed by atoms with Crippen LogP contribution in [0.25, 0.3) is 11.4 Å². The van der Waals surface area contributed by atoms with Crippen LogP contribution in [0.5, 0.6) is 0 Å². The van der Waals surface area contributed by atoms with E-state index in [1.54, 1.807) is 13.0 Å². The lowest BCUT2D eigenvalue weighted by Gasteiger charge is -2.11. The maximum absolute atomic E-state index is 12.8. The van der Waals surface area contributed by atoms with E-state index in [1.165, 1.54) is 12.4 Å². The van der Waals surface area contributed by atoms with Crippen LogP contribution >= 0.6 is 0 Å². The zero-order chi connectivity index (χ0) is 14.9. The van der Waals surface area contributed by atoms with Gasteiger partial charge in [-0.1, -0.05) is 0 Å². The first kappa shape index (κ1) is 13.9. The molecule has 0 bridgehead atoms. The molecule has 0 atom stereocenters. The molecule has 0 aliphatic heterocycles. The second-order valence-corrected chi connectivity index (χ2v) is 3.95. The fourth-order valence-electron chi connectivity index (χ4n) is 1.58. The number of aromatic carboxylic acids is 1. The van der Waals surface area contributed by atoms with Gasteiger partial charge in [0.05, 0.1) is 0 Å². The van der Waals surface area contributed by atoms with E-state index < -0.39 is 23.4 Å². The smallest absolute Gasteiger partial charge is 0.434 e. The van der Waals surface area contributed by atoms with Crippen molar-refractivity contribution in [3.05, 3.63) is 41.5 Å². The van der Waals surface area contributed by atoms with Crippen LogP contribution in [0.15, 0.2) is 24.7 Å². The Hall–Kier alpha value is -2.51. The molecular formula is C12H8F3N3O2. The van der Waals surface area contributed by atoms with Gasteiger partial charge in [-0.3, -0.25) is 4.98 Å². The van der Waals surface area contributed by atoms with Crippen LogP contribution < -0.4 is 0 Å². The second kappa shape index (κ2) is 4.87. The molecule has 0 radical (unpaired) electrons. The van der Waals surface area contributed by atoms with Gasteiger partial charge in [0, 0.05) is 24.2 Å². The zero-order valence-electron chi connectivity index (χ0n) is 10.1. The number of carbonyl (C=O) groups is 1. The second-order valence-electron chi connectivity index (χ2n) is 3.95. The van der Waals surface area contributed by atoms with Gasteiger partial charge in [0.25, 0.3) is 0 Å². The molecule has 0 aliphatic carbocycles. The highest BCUT2D eigenvalue weighted by Gasteiger charge is 2.38. The summed E-state index contributed by atoms with van der Waals surface area (Å²) in [5.74, 6) is -1.94. The van der Waals surface area contributed by atoms with Crippen LogP contribution in [0.1, 0.15) is 21.6 Å². The topological polar surface area (TPSA) is 76.0 Å². The van der Waals surface area contributed by atoms with Gasteiger partial charge in [0.15, 0.2) is 11.5 Å². The van der Waals surface area contributed by atoms with Gasteiger partial charge in [-0.2, -0.15) is 13.2 Å². The third kappa shape index (κ3) is 2.58. The molecule has 104 valence electrons. The maximum Gasteiger partial charge on any atom is 0.434 e. The Bertz CT molecular complexity index is 671. The number of rotatable bonds is 2. The average Bonchev–Trinajstić information content (AvgIpc) is 2.37. The Labute approximate surface area is 111 Å². The minimum absolute atomic E-state index is 0.215. The van der Waals surface area contributed by atoms with E-state index in [0.29, 0.717) is 17.3 Å². The molecule has 0 aromatic carbocycles. The molecular weight excluding hydrogens is 275 g/mol. The van der Waals surface area contributed by atoms with E-state index >= 15 is 0 Å². The predicted molar refractivity (Wildman–Crippen MR) is 62.0 cm³/mol. The van der Waals surface area contributed by atoms with Gasteiger partial charge in [-0.15, -0.1) is 0 Å². The number of nitrogens with zero attached hydrogens (tertiary/aromatic N) is 3. The lowest BCUT2D eigenvalue weighted by Crippen LogP contribution is -2.16.